The zero-order valence-electron chi connectivity index (χ0n) is 13.7. The second kappa shape index (κ2) is 7.11. The molecule has 2 aromatic heterocycles. The van der Waals surface area contributed by atoms with Gasteiger partial charge in [-0.2, -0.15) is 0 Å². The van der Waals surface area contributed by atoms with Gasteiger partial charge in [0.25, 0.3) is 0 Å². The fourth-order valence-electron chi connectivity index (χ4n) is 2.41. The van der Waals surface area contributed by atoms with Crippen LogP contribution in [-0.2, 0) is 16.1 Å². The van der Waals surface area contributed by atoms with E-state index >= 15 is 0 Å². The molecule has 0 atom stereocenters. The molecule has 6 heteroatoms. The van der Waals surface area contributed by atoms with Gasteiger partial charge in [0.15, 0.2) is 4.67 Å². The predicted molar refractivity (Wildman–Crippen MR) is 97.2 cm³/mol. The van der Waals surface area contributed by atoms with Crippen LogP contribution in [0.2, 0.25) is 0 Å². The fourth-order valence-corrected chi connectivity index (χ4v) is 2.73. The van der Waals surface area contributed by atoms with E-state index in [1.165, 1.54) is 18.2 Å². The number of aryl methyl sites for hydroxylation is 2. The van der Waals surface area contributed by atoms with Crippen molar-refractivity contribution in [3.8, 4) is 0 Å². The molecule has 0 amide bonds. The highest BCUT2D eigenvalue weighted by Gasteiger charge is 2.11. The molecular formula is C19H15BrO5. The topological polar surface area (TPSA) is 69.7 Å². The molecule has 25 heavy (non-hydrogen) atoms. The van der Waals surface area contributed by atoms with E-state index in [1.807, 2.05) is 26.0 Å². The van der Waals surface area contributed by atoms with Gasteiger partial charge in [-0.3, -0.25) is 0 Å². The Morgan fingerprint density at radius 1 is 1.20 bits per heavy atom. The Morgan fingerprint density at radius 3 is 2.72 bits per heavy atom. The minimum atomic E-state index is -0.530. The van der Waals surface area contributed by atoms with E-state index in [0.717, 1.165) is 16.5 Å². The van der Waals surface area contributed by atoms with Crippen molar-refractivity contribution in [3.63, 3.8) is 0 Å². The van der Waals surface area contributed by atoms with Gasteiger partial charge in [0.05, 0.1) is 0 Å². The summed E-state index contributed by atoms with van der Waals surface area (Å²) in [5.74, 6) is -0.00141. The third kappa shape index (κ3) is 3.91. The molecule has 0 fully saturated rings. The third-order valence-corrected chi connectivity index (χ3v) is 4.29. The molecule has 0 aliphatic carbocycles. The maximum atomic E-state index is 11.9. The van der Waals surface area contributed by atoms with E-state index in [9.17, 15) is 9.59 Å². The first-order valence-corrected chi connectivity index (χ1v) is 8.36. The number of rotatable bonds is 4. The average Bonchev–Trinajstić information content (AvgIpc) is 3.00. The zero-order valence-corrected chi connectivity index (χ0v) is 15.3. The minimum absolute atomic E-state index is 0.0182. The van der Waals surface area contributed by atoms with E-state index in [2.05, 4.69) is 15.9 Å². The molecule has 0 bridgehead atoms. The largest absolute Gasteiger partial charge is 0.458 e. The van der Waals surface area contributed by atoms with Crippen LogP contribution in [-0.4, -0.2) is 5.97 Å². The highest BCUT2D eigenvalue weighted by atomic mass is 79.9. The fraction of sp³-hybridized carbons (Fsp3) is 0.158. The van der Waals surface area contributed by atoms with Crippen LogP contribution in [0.25, 0.3) is 17.0 Å². The van der Waals surface area contributed by atoms with Crippen molar-refractivity contribution in [2.75, 3.05) is 0 Å². The van der Waals surface area contributed by atoms with E-state index in [4.69, 9.17) is 13.6 Å². The van der Waals surface area contributed by atoms with Crippen LogP contribution >= 0.6 is 15.9 Å². The van der Waals surface area contributed by atoms with Crippen molar-refractivity contribution in [1.82, 2.24) is 0 Å². The number of halogens is 1. The van der Waals surface area contributed by atoms with E-state index < -0.39 is 11.6 Å². The first-order valence-electron chi connectivity index (χ1n) is 7.57. The number of hydrogen-bond acceptors (Lipinski definition) is 5. The summed E-state index contributed by atoms with van der Waals surface area (Å²) in [4.78, 5) is 23.7. The number of benzene rings is 1. The van der Waals surface area contributed by atoms with Gasteiger partial charge in [-0.05, 0) is 59.1 Å². The Hall–Kier alpha value is -2.60. The number of carbonyl (C=O) groups excluding carboxylic acids is 1. The quantitative estimate of drug-likeness (QED) is 0.364. The van der Waals surface area contributed by atoms with Crippen LogP contribution in [0.15, 0.2) is 54.7 Å². The molecule has 3 rings (SSSR count). The van der Waals surface area contributed by atoms with Gasteiger partial charge < -0.3 is 13.6 Å². The molecule has 128 valence electrons. The second-order valence-corrected chi connectivity index (χ2v) is 6.34. The Morgan fingerprint density at radius 2 is 2.00 bits per heavy atom. The summed E-state index contributed by atoms with van der Waals surface area (Å²) >= 11 is 3.19. The van der Waals surface area contributed by atoms with Crippen LogP contribution in [0.1, 0.15) is 22.5 Å². The summed E-state index contributed by atoms with van der Waals surface area (Å²) in [6, 6.07) is 8.59. The lowest BCUT2D eigenvalue weighted by Crippen LogP contribution is -2.06. The number of carbonyl (C=O) groups is 1. The summed E-state index contributed by atoms with van der Waals surface area (Å²) in [6.07, 6.45) is 2.78. The molecule has 0 radical (unpaired) electrons. The molecule has 0 saturated heterocycles. The Balaban J connectivity index is 1.79. The molecule has 0 spiro atoms. The first-order chi connectivity index (χ1) is 11.9. The van der Waals surface area contributed by atoms with E-state index in [1.54, 1.807) is 12.1 Å². The summed E-state index contributed by atoms with van der Waals surface area (Å²) in [5, 5.41) is 0.759. The number of furan rings is 1. The summed E-state index contributed by atoms with van der Waals surface area (Å²) < 4.78 is 16.4. The van der Waals surface area contributed by atoms with Crippen molar-refractivity contribution in [2.45, 2.75) is 20.5 Å². The van der Waals surface area contributed by atoms with Crippen molar-refractivity contribution in [2.24, 2.45) is 0 Å². The Kier molecular flexibility index (Phi) is 4.90. The SMILES string of the molecule is Cc1ccc2c(COC(=O)C=Cc3ccc(Br)o3)cc(=O)oc2c1C. The van der Waals surface area contributed by atoms with Gasteiger partial charge in [-0.15, -0.1) is 0 Å². The molecule has 0 unspecified atom stereocenters. The van der Waals surface area contributed by atoms with Crippen LogP contribution < -0.4 is 5.63 Å². The van der Waals surface area contributed by atoms with Crippen LogP contribution in [0, 0.1) is 13.8 Å². The number of esters is 1. The van der Waals surface area contributed by atoms with Crippen molar-refractivity contribution < 1.29 is 18.4 Å². The van der Waals surface area contributed by atoms with Gasteiger partial charge in [0.2, 0.25) is 0 Å². The molecule has 1 aromatic carbocycles. The monoisotopic (exact) mass is 402 g/mol. The normalized spacial score (nSPS) is 11.3. The maximum absolute atomic E-state index is 11.9. The summed E-state index contributed by atoms with van der Waals surface area (Å²) in [5.41, 5.74) is 2.58. The number of fused-ring (bicyclic) bond motifs is 1. The molecule has 0 saturated carbocycles. The van der Waals surface area contributed by atoms with Gasteiger partial charge in [-0.25, -0.2) is 9.59 Å². The number of hydrogen-bond donors (Lipinski definition) is 0. The molecule has 3 aromatic rings. The summed E-state index contributed by atoms with van der Waals surface area (Å²) in [7, 11) is 0. The molecule has 0 aliphatic rings. The minimum Gasteiger partial charge on any atom is -0.458 e. The average molecular weight is 403 g/mol. The lowest BCUT2D eigenvalue weighted by molar-refractivity contribution is -0.138. The zero-order chi connectivity index (χ0) is 18.0. The molecule has 5 nitrogen and oxygen atoms in total. The van der Waals surface area contributed by atoms with Crippen LogP contribution in [0.3, 0.4) is 0 Å². The molecular weight excluding hydrogens is 388 g/mol. The lowest BCUT2D eigenvalue weighted by atomic mass is 10.0. The second-order valence-electron chi connectivity index (χ2n) is 5.56. The van der Waals surface area contributed by atoms with E-state index in [-0.39, 0.29) is 6.61 Å². The van der Waals surface area contributed by atoms with Gasteiger partial charge in [0.1, 0.15) is 18.0 Å². The first kappa shape index (κ1) is 17.2. The van der Waals surface area contributed by atoms with Crippen LogP contribution in [0.4, 0.5) is 0 Å². The van der Waals surface area contributed by atoms with Crippen LogP contribution in [0.5, 0.6) is 0 Å². The highest BCUT2D eigenvalue weighted by Crippen LogP contribution is 2.23. The van der Waals surface area contributed by atoms with E-state index in [0.29, 0.717) is 21.6 Å². The standard InChI is InChI=1S/C19H15BrO5/c1-11-3-6-15-13(9-18(22)25-19(15)12(11)2)10-23-17(21)8-5-14-4-7-16(20)24-14/h3-9H,10H2,1-2H3. The van der Waals surface area contributed by atoms with Gasteiger partial charge >= 0.3 is 11.6 Å². The van der Waals surface area contributed by atoms with Crippen molar-refractivity contribution in [1.29, 1.82) is 0 Å². The predicted octanol–water partition coefficient (Wildman–Crippen LogP) is 4.52. The third-order valence-electron chi connectivity index (χ3n) is 3.87. The lowest BCUT2D eigenvalue weighted by Gasteiger charge is -2.09. The van der Waals surface area contributed by atoms with Gasteiger partial charge in [-0.1, -0.05) is 12.1 Å². The Labute approximate surface area is 152 Å². The Bertz CT molecular complexity index is 1030. The molecule has 0 N–H and O–H groups in total. The molecule has 0 aliphatic heterocycles. The van der Waals surface area contributed by atoms with Crippen molar-refractivity contribution >= 4 is 38.9 Å². The molecule has 2 heterocycles. The number of ether oxygens (including phenoxy) is 1. The highest BCUT2D eigenvalue weighted by molar-refractivity contribution is 9.10. The summed E-state index contributed by atoms with van der Waals surface area (Å²) in [6.45, 7) is 3.81. The van der Waals surface area contributed by atoms with Gasteiger partial charge in [0, 0.05) is 23.1 Å². The smallest absolute Gasteiger partial charge is 0.336 e. The maximum Gasteiger partial charge on any atom is 0.336 e. The van der Waals surface area contributed by atoms with Crippen molar-refractivity contribution in [3.05, 3.63) is 73.9 Å².